The molecule has 24 heavy (non-hydrogen) atoms. The van der Waals surface area contributed by atoms with Gasteiger partial charge in [0, 0.05) is 24.7 Å². The minimum absolute atomic E-state index is 0.0638. The van der Waals surface area contributed by atoms with Crippen LogP contribution in [0.2, 0.25) is 0 Å². The zero-order valence-corrected chi connectivity index (χ0v) is 13.4. The predicted octanol–water partition coefficient (Wildman–Crippen LogP) is 3.01. The SMILES string of the molecule is COc1ccc(C#N)cc1CN1C[C@@H](O)C[C@H]1c1cccc(F)c1. The lowest BCUT2D eigenvalue weighted by Gasteiger charge is -2.25. The molecule has 1 fully saturated rings. The van der Waals surface area contributed by atoms with Crippen LogP contribution >= 0.6 is 0 Å². The van der Waals surface area contributed by atoms with Crippen LogP contribution in [0.3, 0.4) is 0 Å². The first-order chi connectivity index (χ1) is 11.6. The summed E-state index contributed by atoms with van der Waals surface area (Å²) in [6, 6.07) is 13.8. The molecule has 124 valence electrons. The van der Waals surface area contributed by atoms with Gasteiger partial charge in [-0.25, -0.2) is 4.39 Å². The summed E-state index contributed by atoms with van der Waals surface area (Å²) in [6.45, 7) is 1.03. The van der Waals surface area contributed by atoms with Gasteiger partial charge in [0.25, 0.3) is 0 Å². The molecule has 1 heterocycles. The number of hydrogen-bond acceptors (Lipinski definition) is 4. The summed E-state index contributed by atoms with van der Waals surface area (Å²) in [5.74, 6) is 0.422. The third-order valence-electron chi connectivity index (χ3n) is 4.40. The Labute approximate surface area is 140 Å². The number of benzene rings is 2. The molecule has 1 saturated heterocycles. The van der Waals surface area contributed by atoms with E-state index in [4.69, 9.17) is 10.00 Å². The number of aliphatic hydroxyl groups is 1. The third-order valence-corrected chi connectivity index (χ3v) is 4.40. The summed E-state index contributed by atoms with van der Waals surface area (Å²) in [6.07, 6.45) is 0.104. The molecule has 4 nitrogen and oxygen atoms in total. The fourth-order valence-electron chi connectivity index (χ4n) is 3.31. The zero-order valence-electron chi connectivity index (χ0n) is 13.4. The number of aliphatic hydroxyl groups excluding tert-OH is 1. The Morgan fingerprint density at radius 3 is 2.88 bits per heavy atom. The van der Waals surface area contributed by atoms with Crippen molar-refractivity contribution < 1.29 is 14.2 Å². The minimum Gasteiger partial charge on any atom is -0.496 e. The molecule has 0 aliphatic carbocycles. The number of halogens is 1. The highest BCUT2D eigenvalue weighted by molar-refractivity contribution is 5.42. The molecule has 2 aromatic carbocycles. The molecule has 0 amide bonds. The van der Waals surface area contributed by atoms with E-state index in [-0.39, 0.29) is 11.9 Å². The number of hydrogen-bond donors (Lipinski definition) is 1. The Balaban J connectivity index is 1.89. The normalized spacial score (nSPS) is 20.8. The summed E-state index contributed by atoms with van der Waals surface area (Å²) < 4.78 is 18.9. The summed E-state index contributed by atoms with van der Waals surface area (Å²) in [5.41, 5.74) is 2.29. The van der Waals surface area contributed by atoms with Gasteiger partial charge in [-0.3, -0.25) is 4.90 Å². The van der Waals surface area contributed by atoms with Crippen molar-refractivity contribution in [2.24, 2.45) is 0 Å². The molecule has 2 atom stereocenters. The van der Waals surface area contributed by atoms with Gasteiger partial charge in [0.2, 0.25) is 0 Å². The monoisotopic (exact) mass is 326 g/mol. The zero-order chi connectivity index (χ0) is 17.1. The Bertz CT molecular complexity index is 772. The van der Waals surface area contributed by atoms with Gasteiger partial charge in [0.15, 0.2) is 0 Å². The number of β-amino-alcohol motifs (C(OH)–C–C–N with tert-alkyl or cyclic N) is 1. The smallest absolute Gasteiger partial charge is 0.123 e. The molecule has 0 aromatic heterocycles. The molecule has 0 bridgehead atoms. The number of ether oxygens (including phenoxy) is 1. The van der Waals surface area contributed by atoms with Crippen molar-refractivity contribution in [2.45, 2.75) is 25.1 Å². The molecule has 1 aliphatic heterocycles. The van der Waals surface area contributed by atoms with Gasteiger partial charge in [-0.05, 0) is 42.3 Å². The van der Waals surface area contributed by atoms with Crippen molar-refractivity contribution in [1.82, 2.24) is 4.90 Å². The van der Waals surface area contributed by atoms with Crippen LogP contribution in [0.1, 0.15) is 29.2 Å². The van der Waals surface area contributed by atoms with Gasteiger partial charge >= 0.3 is 0 Å². The van der Waals surface area contributed by atoms with Crippen LogP contribution in [0.15, 0.2) is 42.5 Å². The molecule has 1 aliphatic rings. The second-order valence-electron chi connectivity index (χ2n) is 6.03. The van der Waals surface area contributed by atoms with Gasteiger partial charge in [0.05, 0.1) is 24.8 Å². The van der Waals surface area contributed by atoms with Crippen molar-refractivity contribution >= 4 is 0 Å². The van der Waals surface area contributed by atoms with E-state index in [1.807, 2.05) is 6.07 Å². The fourth-order valence-corrected chi connectivity index (χ4v) is 3.31. The summed E-state index contributed by atoms with van der Waals surface area (Å²) in [5, 5.41) is 19.2. The van der Waals surface area contributed by atoms with Gasteiger partial charge in [-0.2, -0.15) is 5.26 Å². The van der Waals surface area contributed by atoms with Crippen LogP contribution in [0.5, 0.6) is 5.75 Å². The minimum atomic E-state index is -0.455. The second-order valence-corrected chi connectivity index (χ2v) is 6.03. The van der Waals surface area contributed by atoms with E-state index in [2.05, 4.69) is 11.0 Å². The van der Waals surface area contributed by atoms with Crippen molar-refractivity contribution in [3.63, 3.8) is 0 Å². The average molecular weight is 326 g/mol. The molecule has 2 aromatic rings. The van der Waals surface area contributed by atoms with Gasteiger partial charge in [-0.1, -0.05) is 12.1 Å². The van der Waals surface area contributed by atoms with Crippen LogP contribution < -0.4 is 4.74 Å². The summed E-state index contributed by atoms with van der Waals surface area (Å²) in [7, 11) is 1.59. The quantitative estimate of drug-likeness (QED) is 0.938. The molecule has 0 saturated carbocycles. The van der Waals surface area contributed by atoms with Gasteiger partial charge < -0.3 is 9.84 Å². The molecule has 3 rings (SSSR count). The Hall–Kier alpha value is -2.42. The van der Waals surface area contributed by atoms with E-state index in [1.165, 1.54) is 12.1 Å². The van der Waals surface area contributed by atoms with Crippen molar-refractivity contribution in [2.75, 3.05) is 13.7 Å². The van der Waals surface area contributed by atoms with E-state index in [1.54, 1.807) is 31.4 Å². The maximum atomic E-state index is 13.6. The topological polar surface area (TPSA) is 56.5 Å². The van der Waals surface area contributed by atoms with Crippen molar-refractivity contribution in [3.05, 3.63) is 65.0 Å². The predicted molar refractivity (Wildman–Crippen MR) is 87.9 cm³/mol. The Morgan fingerprint density at radius 2 is 2.17 bits per heavy atom. The van der Waals surface area contributed by atoms with Crippen LogP contribution in [0, 0.1) is 17.1 Å². The maximum absolute atomic E-state index is 13.6. The van der Waals surface area contributed by atoms with Crippen LogP contribution in [0.25, 0.3) is 0 Å². The van der Waals surface area contributed by atoms with Crippen LogP contribution in [0.4, 0.5) is 4.39 Å². The van der Waals surface area contributed by atoms with E-state index in [0.29, 0.717) is 30.8 Å². The van der Waals surface area contributed by atoms with Crippen molar-refractivity contribution in [3.8, 4) is 11.8 Å². The Morgan fingerprint density at radius 1 is 1.33 bits per heavy atom. The lowest BCUT2D eigenvalue weighted by Crippen LogP contribution is -2.24. The highest BCUT2D eigenvalue weighted by Crippen LogP contribution is 2.35. The van der Waals surface area contributed by atoms with E-state index >= 15 is 0 Å². The highest BCUT2D eigenvalue weighted by atomic mass is 19.1. The standard InChI is InChI=1S/C19H19FN2O2/c1-24-19-6-5-13(10-21)7-15(19)11-22-12-17(23)9-18(22)14-3-2-4-16(20)8-14/h2-8,17-18,23H,9,11-12H2,1H3/t17-,18-/m0/s1. The van der Waals surface area contributed by atoms with Crippen LogP contribution in [-0.4, -0.2) is 29.8 Å². The van der Waals surface area contributed by atoms with E-state index in [9.17, 15) is 9.50 Å². The first-order valence-electron chi connectivity index (χ1n) is 7.85. The first kappa shape index (κ1) is 16.4. The lowest BCUT2D eigenvalue weighted by molar-refractivity contribution is 0.172. The highest BCUT2D eigenvalue weighted by Gasteiger charge is 2.32. The summed E-state index contributed by atoms with van der Waals surface area (Å²) >= 11 is 0. The van der Waals surface area contributed by atoms with Crippen molar-refractivity contribution in [1.29, 1.82) is 5.26 Å². The molecule has 0 radical (unpaired) electrons. The molecular weight excluding hydrogens is 307 g/mol. The molecule has 1 N–H and O–H groups in total. The number of nitrogens with zero attached hydrogens (tertiary/aromatic N) is 2. The fraction of sp³-hybridized carbons (Fsp3) is 0.316. The molecule has 0 unspecified atom stereocenters. The average Bonchev–Trinajstić information content (AvgIpc) is 2.95. The first-order valence-corrected chi connectivity index (χ1v) is 7.85. The summed E-state index contributed by atoms with van der Waals surface area (Å²) in [4.78, 5) is 2.10. The molecule has 5 heteroatoms. The van der Waals surface area contributed by atoms with Gasteiger partial charge in [0.1, 0.15) is 11.6 Å². The molecular formula is C19H19FN2O2. The van der Waals surface area contributed by atoms with Crippen LogP contribution in [-0.2, 0) is 6.54 Å². The number of nitriles is 1. The number of likely N-dealkylation sites (tertiary alicyclic amines) is 1. The largest absolute Gasteiger partial charge is 0.496 e. The molecule has 0 spiro atoms. The lowest BCUT2D eigenvalue weighted by atomic mass is 10.0. The van der Waals surface area contributed by atoms with E-state index in [0.717, 1.165) is 11.1 Å². The third kappa shape index (κ3) is 3.40. The van der Waals surface area contributed by atoms with E-state index < -0.39 is 6.10 Å². The number of methoxy groups -OCH3 is 1. The second kappa shape index (κ2) is 7.00. The maximum Gasteiger partial charge on any atom is 0.123 e. The number of rotatable bonds is 4. The van der Waals surface area contributed by atoms with Gasteiger partial charge in [-0.15, -0.1) is 0 Å². The Kier molecular flexibility index (Phi) is 4.79.